The summed E-state index contributed by atoms with van der Waals surface area (Å²) >= 11 is 5.70. The second-order valence-corrected chi connectivity index (χ2v) is 4.62. The predicted molar refractivity (Wildman–Crippen MR) is 61.9 cm³/mol. The molecule has 0 bridgehead atoms. The van der Waals surface area contributed by atoms with Crippen molar-refractivity contribution in [1.29, 1.82) is 0 Å². The molecule has 1 aliphatic heterocycles. The monoisotopic (exact) mass is 243 g/mol. The molecule has 0 aliphatic carbocycles. The summed E-state index contributed by atoms with van der Waals surface area (Å²) in [5.74, 6) is -0.268. The van der Waals surface area contributed by atoms with Gasteiger partial charge in [0.15, 0.2) is 0 Å². The van der Waals surface area contributed by atoms with Crippen LogP contribution in [0.5, 0.6) is 0 Å². The molecule has 88 valence electrons. The average Bonchev–Trinajstić information content (AvgIpc) is 2.69. The average molecular weight is 244 g/mol. The normalized spacial score (nSPS) is 21.6. The van der Waals surface area contributed by atoms with Gasteiger partial charge in [-0.3, -0.25) is 4.90 Å². The smallest absolute Gasteiger partial charge is 0.129 e. The van der Waals surface area contributed by atoms with Crippen LogP contribution in [0.1, 0.15) is 18.4 Å². The summed E-state index contributed by atoms with van der Waals surface area (Å²) in [5, 5.41) is 9.59. The van der Waals surface area contributed by atoms with Crippen LogP contribution >= 0.6 is 11.6 Å². The molecule has 1 N–H and O–H groups in total. The Balaban J connectivity index is 2.08. The molecule has 0 aromatic heterocycles. The SMILES string of the molecule is OCC1CCCN1Cc1ccc(Cl)cc1F. The number of likely N-dealkylation sites (tertiary alicyclic amines) is 1. The summed E-state index contributed by atoms with van der Waals surface area (Å²) in [4.78, 5) is 2.12. The minimum Gasteiger partial charge on any atom is -0.395 e. The van der Waals surface area contributed by atoms with Crippen molar-refractivity contribution in [1.82, 2.24) is 4.90 Å². The number of halogens is 2. The topological polar surface area (TPSA) is 23.5 Å². The highest BCUT2D eigenvalue weighted by Crippen LogP contribution is 2.22. The van der Waals surface area contributed by atoms with Crippen LogP contribution in [0, 0.1) is 5.82 Å². The molecule has 0 radical (unpaired) electrons. The van der Waals surface area contributed by atoms with Crippen LogP contribution in [0.2, 0.25) is 5.02 Å². The Hall–Kier alpha value is -0.640. The van der Waals surface area contributed by atoms with Gasteiger partial charge in [0.25, 0.3) is 0 Å². The van der Waals surface area contributed by atoms with E-state index in [1.54, 1.807) is 12.1 Å². The fourth-order valence-electron chi connectivity index (χ4n) is 2.18. The van der Waals surface area contributed by atoms with Gasteiger partial charge in [0, 0.05) is 23.2 Å². The molecule has 1 unspecified atom stereocenters. The van der Waals surface area contributed by atoms with E-state index in [0.717, 1.165) is 19.4 Å². The van der Waals surface area contributed by atoms with Gasteiger partial charge in [-0.25, -0.2) is 4.39 Å². The van der Waals surface area contributed by atoms with Crippen LogP contribution in [0.15, 0.2) is 18.2 Å². The van der Waals surface area contributed by atoms with Crippen molar-refractivity contribution >= 4 is 11.6 Å². The molecular weight excluding hydrogens is 229 g/mol. The third-order valence-electron chi connectivity index (χ3n) is 3.10. The Labute approximate surface area is 99.6 Å². The van der Waals surface area contributed by atoms with Gasteiger partial charge in [0.1, 0.15) is 5.82 Å². The zero-order valence-electron chi connectivity index (χ0n) is 9.00. The Kier molecular flexibility index (Phi) is 3.79. The van der Waals surface area contributed by atoms with E-state index < -0.39 is 0 Å². The maximum Gasteiger partial charge on any atom is 0.129 e. The molecule has 16 heavy (non-hydrogen) atoms. The summed E-state index contributed by atoms with van der Waals surface area (Å²) < 4.78 is 13.6. The summed E-state index contributed by atoms with van der Waals surface area (Å²) in [7, 11) is 0. The molecular formula is C12H15ClFNO. The van der Waals surface area contributed by atoms with Gasteiger partial charge in [0.2, 0.25) is 0 Å². The van der Waals surface area contributed by atoms with E-state index in [9.17, 15) is 9.50 Å². The van der Waals surface area contributed by atoms with Crippen LogP contribution in [0.3, 0.4) is 0 Å². The number of aliphatic hydroxyl groups excluding tert-OH is 1. The zero-order chi connectivity index (χ0) is 11.5. The standard InChI is InChI=1S/C12H15ClFNO/c13-10-4-3-9(12(14)6-10)7-15-5-1-2-11(15)8-16/h3-4,6,11,16H,1-2,5,7-8H2. The number of rotatable bonds is 3. The number of hydrogen-bond donors (Lipinski definition) is 1. The lowest BCUT2D eigenvalue weighted by Crippen LogP contribution is -2.31. The Morgan fingerprint density at radius 2 is 2.31 bits per heavy atom. The van der Waals surface area contributed by atoms with Crippen LogP contribution < -0.4 is 0 Å². The quantitative estimate of drug-likeness (QED) is 0.882. The highest BCUT2D eigenvalue weighted by molar-refractivity contribution is 6.30. The molecule has 0 saturated carbocycles. The van der Waals surface area contributed by atoms with Crippen molar-refractivity contribution in [3.8, 4) is 0 Å². The van der Waals surface area contributed by atoms with E-state index >= 15 is 0 Å². The Morgan fingerprint density at radius 3 is 3.00 bits per heavy atom. The third-order valence-corrected chi connectivity index (χ3v) is 3.33. The van der Waals surface area contributed by atoms with E-state index in [2.05, 4.69) is 4.90 Å². The van der Waals surface area contributed by atoms with Crippen LogP contribution in [-0.4, -0.2) is 29.2 Å². The lowest BCUT2D eigenvalue weighted by Gasteiger charge is -2.22. The zero-order valence-corrected chi connectivity index (χ0v) is 9.75. The van der Waals surface area contributed by atoms with Crippen LogP contribution in [-0.2, 0) is 6.54 Å². The first-order valence-electron chi connectivity index (χ1n) is 5.49. The van der Waals surface area contributed by atoms with Gasteiger partial charge in [-0.1, -0.05) is 17.7 Å². The molecule has 1 aliphatic rings. The second-order valence-electron chi connectivity index (χ2n) is 4.18. The maximum atomic E-state index is 13.6. The Morgan fingerprint density at radius 1 is 1.50 bits per heavy atom. The number of nitrogens with zero attached hydrogens (tertiary/aromatic N) is 1. The van der Waals surface area contributed by atoms with Crippen molar-refractivity contribution in [2.45, 2.75) is 25.4 Å². The van der Waals surface area contributed by atoms with Crippen molar-refractivity contribution in [3.05, 3.63) is 34.6 Å². The van der Waals surface area contributed by atoms with E-state index in [4.69, 9.17) is 11.6 Å². The first-order valence-corrected chi connectivity index (χ1v) is 5.87. The maximum absolute atomic E-state index is 13.6. The minimum absolute atomic E-state index is 0.148. The lowest BCUT2D eigenvalue weighted by atomic mass is 10.2. The summed E-state index contributed by atoms with van der Waals surface area (Å²) in [5.41, 5.74) is 0.643. The second kappa shape index (κ2) is 5.13. The van der Waals surface area contributed by atoms with Gasteiger partial charge in [-0.2, -0.15) is 0 Å². The molecule has 0 spiro atoms. The lowest BCUT2D eigenvalue weighted by molar-refractivity contribution is 0.152. The third kappa shape index (κ3) is 2.54. The van der Waals surface area contributed by atoms with Crippen molar-refractivity contribution in [2.75, 3.05) is 13.2 Å². The predicted octanol–water partition coefficient (Wildman–Crippen LogP) is 2.44. The molecule has 1 atom stereocenters. The number of benzene rings is 1. The Bertz CT molecular complexity index is 372. The van der Waals surface area contributed by atoms with Gasteiger partial charge < -0.3 is 5.11 Å². The highest BCUT2D eigenvalue weighted by Gasteiger charge is 2.24. The molecule has 2 nitrogen and oxygen atoms in total. The minimum atomic E-state index is -0.268. The summed E-state index contributed by atoms with van der Waals surface area (Å²) in [6, 6.07) is 4.92. The van der Waals surface area contributed by atoms with Crippen molar-refractivity contribution in [2.24, 2.45) is 0 Å². The van der Waals surface area contributed by atoms with E-state index in [1.165, 1.54) is 6.07 Å². The van der Waals surface area contributed by atoms with Gasteiger partial charge in [0.05, 0.1) is 6.61 Å². The van der Waals surface area contributed by atoms with E-state index in [1.807, 2.05) is 0 Å². The fourth-order valence-corrected chi connectivity index (χ4v) is 2.34. The molecule has 2 rings (SSSR count). The van der Waals surface area contributed by atoms with E-state index in [-0.39, 0.29) is 18.5 Å². The van der Waals surface area contributed by atoms with Crippen molar-refractivity contribution < 1.29 is 9.50 Å². The first-order chi connectivity index (χ1) is 7.70. The largest absolute Gasteiger partial charge is 0.395 e. The molecule has 1 heterocycles. The molecule has 4 heteroatoms. The van der Waals surface area contributed by atoms with Crippen LogP contribution in [0.25, 0.3) is 0 Å². The van der Waals surface area contributed by atoms with Gasteiger partial charge in [-0.15, -0.1) is 0 Å². The number of hydrogen-bond acceptors (Lipinski definition) is 2. The molecule has 1 aromatic rings. The summed E-state index contributed by atoms with van der Waals surface area (Å²) in [6.07, 6.45) is 2.06. The molecule has 1 saturated heterocycles. The molecule has 1 aromatic carbocycles. The highest BCUT2D eigenvalue weighted by atomic mass is 35.5. The van der Waals surface area contributed by atoms with Gasteiger partial charge >= 0.3 is 0 Å². The van der Waals surface area contributed by atoms with Crippen LogP contribution in [0.4, 0.5) is 4.39 Å². The summed E-state index contributed by atoms with van der Waals surface area (Å²) in [6.45, 7) is 1.62. The van der Waals surface area contributed by atoms with Crippen molar-refractivity contribution in [3.63, 3.8) is 0 Å². The van der Waals surface area contributed by atoms with Gasteiger partial charge in [-0.05, 0) is 31.5 Å². The molecule has 0 amide bonds. The van der Waals surface area contributed by atoms with E-state index in [0.29, 0.717) is 17.1 Å². The number of aliphatic hydroxyl groups is 1. The first kappa shape index (κ1) is 11.8. The molecule has 1 fully saturated rings. The fraction of sp³-hybridized carbons (Fsp3) is 0.500.